The molecule has 0 saturated heterocycles. The van der Waals surface area contributed by atoms with Crippen LogP contribution in [-0.2, 0) is 9.84 Å². The van der Waals surface area contributed by atoms with Crippen molar-refractivity contribution < 1.29 is 8.42 Å². The van der Waals surface area contributed by atoms with Crippen LogP contribution in [0.1, 0.15) is 65.7 Å². The number of unbranched alkanes of at least 4 members (excludes halogenated alkanes) is 5. The minimum atomic E-state index is -3.08. The molecule has 0 bridgehead atoms. The lowest BCUT2D eigenvalue weighted by atomic mass is 9.97. The zero-order valence-electron chi connectivity index (χ0n) is 11.8. The summed E-state index contributed by atoms with van der Waals surface area (Å²) in [6.45, 7) is 5.65. The Balaban J connectivity index is 3.91. The van der Waals surface area contributed by atoms with Crippen molar-refractivity contribution in [2.75, 3.05) is 6.26 Å². The summed E-state index contributed by atoms with van der Waals surface area (Å²) < 4.78 is 22.4. The molecule has 0 rings (SSSR count). The molecule has 2 N–H and O–H groups in total. The van der Waals surface area contributed by atoms with E-state index < -0.39 is 14.6 Å². The van der Waals surface area contributed by atoms with Crippen molar-refractivity contribution in [1.82, 2.24) is 0 Å². The number of hydrogen-bond acceptors (Lipinski definition) is 3. The molecule has 1 atom stereocenters. The first-order valence-electron chi connectivity index (χ1n) is 6.68. The van der Waals surface area contributed by atoms with E-state index in [0.717, 1.165) is 19.3 Å². The molecule has 0 aliphatic carbocycles. The Morgan fingerprint density at radius 3 is 2.00 bits per heavy atom. The monoisotopic (exact) mass is 263 g/mol. The summed E-state index contributed by atoms with van der Waals surface area (Å²) in [6, 6.07) is -0.260. The van der Waals surface area contributed by atoms with E-state index in [4.69, 9.17) is 5.73 Å². The molecule has 0 spiro atoms. The number of rotatable bonds is 9. The van der Waals surface area contributed by atoms with Gasteiger partial charge in [-0.3, -0.25) is 0 Å². The van der Waals surface area contributed by atoms with Crippen molar-refractivity contribution in [2.24, 2.45) is 5.73 Å². The topological polar surface area (TPSA) is 60.2 Å². The molecule has 0 fully saturated rings. The van der Waals surface area contributed by atoms with Gasteiger partial charge in [-0.25, -0.2) is 8.42 Å². The maximum atomic E-state index is 11.6. The molecule has 0 aromatic rings. The lowest BCUT2D eigenvalue weighted by Crippen LogP contribution is -2.48. The molecule has 0 radical (unpaired) electrons. The Kier molecular flexibility index (Phi) is 7.33. The van der Waals surface area contributed by atoms with Gasteiger partial charge in [0.2, 0.25) is 0 Å². The lowest BCUT2D eigenvalue weighted by Gasteiger charge is -2.29. The summed E-state index contributed by atoms with van der Waals surface area (Å²) in [5.41, 5.74) is 6.00. The van der Waals surface area contributed by atoms with Gasteiger partial charge in [-0.2, -0.15) is 0 Å². The van der Waals surface area contributed by atoms with Crippen molar-refractivity contribution in [3.05, 3.63) is 0 Å². The number of sulfone groups is 1. The molecule has 0 amide bonds. The van der Waals surface area contributed by atoms with E-state index >= 15 is 0 Å². The maximum absolute atomic E-state index is 11.6. The van der Waals surface area contributed by atoms with Crippen LogP contribution in [0.25, 0.3) is 0 Å². The molecule has 0 aliphatic heterocycles. The smallest absolute Gasteiger partial charge is 0.154 e. The van der Waals surface area contributed by atoms with Gasteiger partial charge in [0.1, 0.15) is 0 Å². The third-order valence-electron chi connectivity index (χ3n) is 3.72. The summed E-state index contributed by atoms with van der Waals surface area (Å²) in [4.78, 5) is 0. The van der Waals surface area contributed by atoms with Crippen LogP contribution in [0.4, 0.5) is 0 Å². The van der Waals surface area contributed by atoms with E-state index in [-0.39, 0.29) is 6.04 Å². The highest BCUT2D eigenvalue weighted by molar-refractivity contribution is 7.92. The second kappa shape index (κ2) is 7.37. The molecule has 0 aliphatic rings. The Bertz CT molecular complexity index is 297. The average Bonchev–Trinajstić information content (AvgIpc) is 2.21. The van der Waals surface area contributed by atoms with Gasteiger partial charge in [0.05, 0.1) is 4.75 Å². The first-order chi connectivity index (χ1) is 7.73. The molecule has 0 saturated carbocycles. The van der Waals surface area contributed by atoms with E-state index in [9.17, 15) is 8.42 Å². The van der Waals surface area contributed by atoms with Crippen LogP contribution >= 0.6 is 0 Å². The molecule has 0 aromatic heterocycles. The second-order valence-corrected chi connectivity index (χ2v) is 8.14. The Morgan fingerprint density at radius 2 is 1.53 bits per heavy atom. The van der Waals surface area contributed by atoms with E-state index in [1.165, 1.54) is 31.9 Å². The van der Waals surface area contributed by atoms with E-state index in [2.05, 4.69) is 6.92 Å². The van der Waals surface area contributed by atoms with Crippen LogP contribution in [0.15, 0.2) is 0 Å². The minimum absolute atomic E-state index is 0.260. The highest BCUT2D eigenvalue weighted by atomic mass is 32.2. The predicted molar refractivity (Wildman–Crippen MR) is 74.9 cm³/mol. The van der Waals surface area contributed by atoms with Gasteiger partial charge in [0.25, 0.3) is 0 Å². The number of hydrogen-bond donors (Lipinski definition) is 1. The Labute approximate surface area is 107 Å². The molecule has 0 heterocycles. The standard InChI is InChI=1S/C13H29NO2S/c1-5-6-7-8-9-10-11-12(14)13(2,3)17(4,15)16/h12H,5-11,14H2,1-4H3. The summed E-state index contributed by atoms with van der Waals surface area (Å²) >= 11 is 0. The van der Waals surface area contributed by atoms with Gasteiger partial charge in [-0.1, -0.05) is 45.4 Å². The Hall–Kier alpha value is -0.0900. The normalized spacial score (nSPS) is 14.9. The second-order valence-electron chi connectivity index (χ2n) is 5.54. The van der Waals surface area contributed by atoms with Gasteiger partial charge < -0.3 is 5.73 Å². The van der Waals surface area contributed by atoms with E-state index in [1.807, 2.05) is 0 Å². The van der Waals surface area contributed by atoms with Crippen molar-refractivity contribution in [3.63, 3.8) is 0 Å². The molecule has 4 heteroatoms. The third-order valence-corrected chi connectivity index (χ3v) is 5.93. The van der Waals surface area contributed by atoms with Crippen molar-refractivity contribution in [2.45, 2.75) is 76.5 Å². The fraction of sp³-hybridized carbons (Fsp3) is 1.00. The fourth-order valence-corrected chi connectivity index (χ4v) is 2.43. The van der Waals surface area contributed by atoms with Crippen LogP contribution in [0.3, 0.4) is 0 Å². The zero-order valence-corrected chi connectivity index (χ0v) is 12.6. The van der Waals surface area contributed by atoms with Crippen LogP contribution in [0.5, 0.6) is 0 Å². The molecular formula is C13H29NO2S. The summed E-state index contributed by atoms with van der Waals surface area (Å²) in [5.74, 6) is 0. The van der Waals surface area contributed by atoms with Gasteiger partial charge in [-0.05, 0) is 20.3 Å². The zero-order chi connectivity index (χ0) is 13.5. The molecule has 17 heavy (non-hydrogen) atoms. The Morgan fingerprint density at radius 1 is 1.06 bits per heavy atom. The summed E-state index contributed by atoms with van der Waals surface area (Å²) in [5, 5.41) is 0. The van der Waals surface area contributed by atoms with Crippen LogP contribution in [-0.4, -0.2) is 25.5 Å². The third kappa shape index (κ3) is 5.87. The molecule has 0 aromatic carbocycles. The summed E-state index contributed by atoms with van der Waals surface area (Å²) in [6.07, 6.45) is 9.32. The van der Waals surface area contributed by atoms with Gasteiger partial charge in [-0.15, -0.1) is 0 Å². The van der Waals surface area contributed by atoms with Crippen molar-refractivity contribution >= 4 is 9.84 Å². The minimum Gasteiger partial charge on any atom is -0.326 e. The highest BCUT2D eigenvalue weighted by Gasteiger charge is 2.36. The van der Waals surface area contributed by atoms with E-state index in [0.29, 0.717) is 0 Å². The van der Waals surface area contributed by atoms with Gasteiger partial charge >= 0.3 is 0 Å². The van der Waals surface area contributed by atoms with Gasteiger partial charge in [0.15, 0.2) is 9.84 Å². The molecule has 3 nitrogen and oxygen atoms in total. The fourth-order valence-electron chi connectivity index (χ4n) is 1.77. The highest BCUT2D eigenvalue weighted by Crippen LogP contribution is 2.22. The first-order valence-corrected chi connectivity index (χ1v) is 8.57. The van der Waals surface area contributed by atoms with Crippen LogP contribution in [0, 0.1) is 0 Å². The van der Waals surface area contributed by atoms with Crippen molar-refractivity contribution in [1.29, 1.82) is 0 Å². The average molecular weight is 263 g/mol. The van der Waals surface area contributed by atoms with Gasteiger partial charge in [0, 0.05) is 12.3 Å². The number of nitrogens with two attached hydrogens (primary N) is 1. The SMILES string of the molecule is CCCCCCCCC(N)C(C)(C)S(C)(=O)=O. The molecule has 1 unspecified atom stereocenters. The predicted octanol–water partition coefficient (Wildman–Crippen LogP) is 2.89. The molecule has 104 valence electrons. The maximum Gasteiger partial charge on any atom is 0.154 e. The molecular weight excluding hydrogens is 234 g/mol. The van der Waals surface area contributed by atoms with E-state index in [1.54, 1.807) is 13.8 Å². The van der Waals surface area contributed by atoms with Crippen LogP contribution < -0.4 is 5.73 Å². The quantitative estimate of drug-likeness (QED) is 0.651. The van der Waals surface area contributed by atoms with Crippen LogP contribution in [0.2, 0.25) is 0 Å². The lowest BCUT2D eigenvalue weighted by molar-refractivity contribution is 0.442. The largest absolute Gasteiger partial charge is 0.326 e. The summed E-state index contributed by atoms with van der Waals surface area (Å²) in [7, 11) is -3.08. The first kappa shape index (κ1) is 16.9. The van der Waals surface area contributed by atoms with Crippen molar-refractivity contribution in [3.8, 4) is 0 Å².